The minimum Gasteiger partial charge on any atom is -0.510 e. The maximum Gasteiger partial charge on any atom is 0.152 e. The lowest BCUT2D eigenvalue weighted by molar-refractivity contribution is 0.220. The predicted octanol–water partition coefficient (Wildman–Crippen LogP) is 2.62. The number of fused-ring (bicyclic) bond motifs is 1. The molecule has 0 bridgehead atoms. The average molecular weight is 374 g/mol. The molecule has 8 heteroatoms. The van der Waals surface area contributed by atoms with Crippen LogP contribution < -0.4 is 0 Å². The van der Waals surface area contributed by atoms with Crippen molar-refractivity contribution in [1.82, 2.24) is 19.8 Å². The molecule has 2 N–H and O–H groups in total. The van der Waals surface area contributed by atoms with E-state index in [1.165, 1.54) is 11.8 Å². The first-order valence-corrected chi connectivity index (χ1v) is 9.35. The topological polar surface area (TPSA) is 79.2 Å². The van der Waals surface area contributed by atoms with E-state index in [0.717, 1.165) is 41.5 Å². The summed E-state index contributed by atoms with van der Waals surface area (Å²) in [6.07, 6.45) is 0. The van der Waals surface area contributed by atoms with Gasteiger partial charge < -0.3 is 19.9 Å². The lowest BCUT2D eigenvalue weighted by atomic mass is 10.2. The fraction of sp³-hybridized carbons (Fsp3) is 0.353. The molecule has 1 aliphatic rings. The maximum atomic E-state index is 10.4. The van der Waals surface area contributed by atoms with E-state index >= 15 is 0 Å². The highest BCUT2D eigenvalue weighted by Crippen LogP contribution is 2.22. The van der Waals surface area contributed by atoms with Crippen LogP contribution in [0.15, 0.2) is 30.0 Å². The summed E-state index contributed by atoms with van der Waals surface area (Å²) >= 11 is 6.83. The molecule has 2 aromatic rings. The molecule has 1 saturated heterocycles. The Hall–Kier alpha value is -2.08. The number of likely N-dealkylation sites (N-methyl/N-ethyl adjacent to an activating group) is 1. The SMILES string of the molecule is CN1CCN(C(=S)SCC(O)=C(C#N)c2nc3ccccc3[nH]2)CC1. The highest BCUT2D eigenvalue weighted by Gasteiger charge is 2.18. The lowest BCUT2D eigenvalue weighted by Gasteiger charge is -2.33. The Morgan fingerprint density at radius 2 is 2.08 bits per heavy atom. The minimum absolute atomic E-state index is 0.0111. The first kappa shape index (κ1) is 17.7. The molecule has 130 valence electrons. The second kappa shape index (κ2) is 7.87. The quantitative estimate of drug-likeness (QED) is 0.486. The van der Waals surface area contributed by atoms with Crippen LogP contribution in [0.25, 0.3) is 16.6 Å². The minimum atomic E-state index is -0.0111. The summed E-state index contributed by atoms with van der Waals surface area (Å²) < 4.78 is 0.751. The summed E-state index contributed by atoms with van der Waals surface area (Å²) in [5.41, 5.74) is 1.75. The van der Waals surface area contributed by atoms with Crippen molar-refractivity contribution in [3.8, 4) is 6.07 Å². The number of para-hydroxylation sites is 2. The zero-order valence-electron chi connectivity index (χ0n) is 13.9. The molecule has 0 spiro atoms. The number of nitrogens with one attached hydrogen (secondary N) is 1. The monoisotopic (exact) mass is 373 g/mol. The normalized spacial score (nSPS) is 16.6. The molecule has 1 fully saturated rings. The Kier molecular flexibility index (Phi) is 5.58. The van der Waals surface area contributed by atoms with Crippen LogP contribution in [0.5, 0.6) is 0 Å². The Morgan fingerprint density at radius 1 is 1.36 bits per heavy atom. The molecule has 0 saturated carbocycles. The van der Waals surface area contributed by atoms with E-state index < -0.39 is 0 Å². The zero-order valence-corrected chi connectivity index (χ0v) is 15.5. The van der Waals surface area contributed by atoms with Crippen LogP contribution in [0.2, 0.25) is 0 Å². The van der Waals surface area contributed by atoms with Gasteiger partial charge in [-0.1, -0.05) is 36.1 Å². The molecule has 0 radical (unpaired) electrons. The molecule has 1 aromatic carbocycles. The number of allylic oxidation sites excluding steroid dienone is 1. The zero-order chi connectivity index (χ0) is 17.8. The molecule has 25 heavy (non-hydrogen) atoms. The molecular formula is C17H19N5OS2. The molecule has 6 nitrogen and oxygen atoms in total. The van der Waals surface area contributed by atoms with Gasteiger partial charge >= 0.3 is 0 Å². The van der Waals surface area contributed by atoms with Crippen LogP contribution in [0.4, 0.5) is 0 Å². The summed E-state index contributed by atoms with van der Waals surface area (Å²) in [6.45, 7) is 3.74. The van der Waals surface area contributed by atoms with E-state index in [1.54, 1.807) is 0 Å². The number of hydrogen-bond acceptors (Lipinski definition) is 6. The molecule has 2 heterocycles. The van der Waals surface area contributed by atoms with Crippen LogP contribution in [0, 0.1) is 11.3 Å². The Labute approximate surface area is 156 Å². The number of rotatable bonds is 3. The molecule has 0 atom stereocenters. The number of thioether (sulfide) groups is 1. The number of H-pyrrole nitrogens is 1. The van der Waals surface area contributed by atoms with Crippen molar-refractivity contribution in [2.75, 3.05) is 39.0 Å². The molecular weight excluding hydrogens is 354 g/mol. The number of aromatic nitrogens is 2. The van der Waals surface area contributed by atoms with Crippen LogP contribution in [0.3, 0.4) is 0 Å². The van der Waals surface area contributed by atoms with Crippen LogP contribution in [-0.2, 0) is 0 Å². The number of thiocarbonyl (C=S) groups is 1. The smallest absolute Gasteiger partial charge is 0.152 e. The van der Waals surface area contributed by atoms with Gasteiger partial charge in [0.05, 0.1) is 16.8 Å². The number of piperazine rings is 1. The summed E-state index contributed by atoms with van der Waals surface area (Å²) in [7, 11) is 2.09. The standard InChI is InChI=1S/C17H19N5OS2/c1-21-6-8-22(9-7-21)17(24)25-11-15(23)12(10-18)16-19-13-4-2-3-5-14(13)20-16/h2-5,23H,6-9,11H2,1H3,(H,19,20). The van der Waals surface area contributed by atoms with Crippen molar-refractivity contribution >= 4 is 44.9 Å². The van der Waals surface area contributed by atoms with Crippen molar-refractivity contribution in [3.05, 3.63) is 35.8 Å². The Bertz CT molecular complexity index is 813. The van der Waals surface area contributed by atoms with Gasteiger partial charge in [-0.25, -0.2) is 4.98 Å². The van der Waals surface area contributed by atoms with Gasteiger partial charge in [-0.05, 0) is 19.2 Å². The van der Waals surface area contributed by atoms with E-state index in [9.17, 15) is 10.4 Å². The third-order valence-electron chi connectivity index (χ3n) is 4.12. The average Bonchev–Trinajstić information content (AvgIpc) is 3.04. The highest BCUT2D eigenvalue weighted by atomic mass is 32.2. The maximum absolute atomic E-state index is 10.4. The van der Waals surface area contributed by atoms with Crippen LogP contribution in [0.1, 0.15) is 5.82 Å². The largest absolute Gasteiger partial charge is 0.510 e. The summed E-state index contributed by atoms with van der Waals surface area (Å²) in [5, 5.41) is 19.8. The van der Waals surface area contributed by atoms with E-state index in [1.807, 2.05) is 30.3 Å². The number of aromatic amines is 1. The fourth-order valence-corrected chi connectivity index (χ4v) is 3.74. The molecule has 1 aromatic heterocycles. The number of imidazole rings is 1. The third kappa shape index (κ3) is 4.12. The van der Waals surface area contributed by atoms with Gasteiger partial charge in [-0.15, -0.1) is 0 Å². The van der Waals surface area contributed by atoms with Crippen molar-refractivity contribution in [2.24, 2.45) is 0 Å². The number of benzene rings is 1. The first-order chi connectivity index (χ1) is 12.1. The van der Waals surface area contributed by atoms with Gasteiger partial charge in [-0.2, -0.15) is 5.26 Å². The number of aliphatic hydroxyl groups excluding tert-OH is 1. The molecule has 3 rings (SSSR count). The van der Waals surface area contributed by atoms with E-state index in [4.69, 9.17) is 12.2 Å². The van der Waals surface area contributed by atoms with Gasteiger partial charge in [-0.3, -0.25) is 0 Å². The molecule has 0 amide bonds. The molecule has 0 aliphatic carbocycles. The van der Waals surface area contributed by atoms with Crippen molar-refractivity contribution in [2.45, 2.75) is 0 Å². The van der Waals surface area contributed by atoms with E-state index in [0.29, 0.717) is 5.82 Å². The number of nitriles is 1. The van der Waals surface area contributed by atoms with Gasteiger partial charge in [0.15, 0.2) is 5.82 Å². The summed E-state index contributed by atoms with van der Waals surface area (Å²) in [4.78, 5) is 11.8. The van der Waals surface area contributed by atoms with Crippen molar-refractivity contribution < 1.29 is 5.11 Å². The Morgan fingerprint density at radius 3 is 2.76 bits per heavy atom. The number of hydrogen-bond donors (Lipinski definition) is 2. The fourth-order valence-electron chi connectivity index (χ4n) is 2.61. The van der Waals surface area contributed by atoms with E-state index in [-0.39, 0.29) is 17.1 Å². The van der Waals surface area contributed by atoms with Crippen molar-refractivity contribution in [1.29, 1.82) is 5.26 Å². The molecule has 0 unspecified atom stereocenters. The predicted molar refractivity (Wildman–Crippen MR) is 105 cm³/mol. The third-order valence-corrected chi connectivity index (χ3v) is 5.66. The van der Waals surface area contributed by atoms with Crippen LogP contribution >= 0.6 is 24.0 Å². The lowest BCUT2D eigenvalue weighted by Crippen LogP contribution is -2.45. The highest BCUT2D eigenvalue weighted by molar-refractivity contribution is 8.23. The van der Waals surface area contributed by atoms with E-state index in [2.05, 4.69) is 26.8 Å². The second-order valence-corrected chi connectivity index (χ2v) is 7.49. The molecule has 1 aliphatic heterocycles. The number of nitrogens with zero attached hydrogens (tertiary/aromatic N) is 4. The van der Waals surface area contributed by atoms with Crippen molar-refractivity contribution in [3.63, 3.8) is 0 Å². The van der Waals surface area contributed by atoms with Crippen LogP contribution in [-0.4, -0.2) is 68.2 Å². The number of aliphatic hydroxyl groups is 1. The second-order valence-electron chi connectivity index (χ2n) is 5.88. The van der Waals surface area contributed by atoms with Gasteiger partial charge in [0, 0.05) is 26.2 Å². The Balaban J connectivity index is 1.69. The van der Waals surface area contributed by atoms with Gasteiger partial charge in [0.25, 0.3) is 0 Å². The van der Waals surface area contributed by atoms with Gasteiger partial charge in [0.2, 0.25) is 0 Å². The van der Waals surface area contributed by atoms with Gasteiger partial charge in [0.1, 0.15) is 21.7 Å². The summed E-state index contributed by atoms with van der Waals surface area (Å²) in [6, 6.07) is 9.57. The first-order valence-electron chi connectivity index (χ1n) is 7.96. The summed E-state index contributed by atoms with van der Waals surface area (Å²) in [5.74, 6) is 0.626.